The van der Waals surface area contributed by atoms with Gasteiger partial charge in [-0.3, -0.25) is 19.7 Å². The van der Waals surface area contributed by atoms with Crippen molar-refractivity contribution in [2.45, 2.75) is 0 Å². The molecule has 2 N–H and O–H groups in total. The van der Waals surface area contributed by atoms with E-state index in [0.717, 1.165) is 6.07 Å². The van der Waals surface area contributed by atoms with E-state index in [1.165, 1.54) is 12.1 Å². The van der Waals surface area contributed by atoms with E-state index in [0.29, 0.717) is 5.56 Å². The van der Waals surface area contributed by atoms with Crippen LogP contribution in [0.25, 0.3) is 0 Å². The second-order valence-electron chi connectivity index (χ2n) is 4.05. The van der Waals surface area contributed by atoms with Crippen LogP contribution < -0.4 is 5.73 Å². The molecular weight excluding hydrogens is 260 g/mol. The van der Waals surface area contributed by atoms with Crippen LogP contribution in [0, 0.1) is 10.1 Å². The molecule has 0 aliphatic heterocycles. The molecule has 0 atom stereocenters. The van der Waals surface area contributed by atoms with Crippen LogP contribution in [0.3, 0.4) is 0 Å². The van der Waals surface area contributed by atoms with Gasteiger partial charge in [-0.25, -0.2) is 0 Å². The van der Waals surface area contributed by atoms with E-state index in [1.54, 1.807) is 30.3 Å². The predicted octanol–water partition coefficient (Wildman–Crippen LogP) is 1.92. The summed E-state index contributed by atoms with van der Waals surface area (Å²) in [6, 6.07) is 11.7. The molecule has 0 bridgehead atoms. The minimum atomic E-state index is -0.881. The number of amides is 1. The number of carbonyl (C=O) groups is 2. The number of nitrogens with zero attached hydrogens (tertiary/aromatic N) is 1. The third-order valence-corrected chi connectivity index (χ3v) is 2.76. The van der Waals surface area contributed by atoms with Crippen molar-refractivity contribution >= 4 is 17.4 Å². The van der Waals surface area contributed by atoms with Crippen molar-refractivity contribution < 1.29 is 14.5 Å². The number of ketones is 1. The Hall–Kier alpha value is -3.02. The Labute approximate surface area is 114 Å². The standard InChI is InChI=1S/C14H10N2O4/c15-14(18)12-8-10(16(19)20)6-7-11(12)13(17)9-4-2-1-3-5-9/h1-8H,(H2,15,18). The minimum Gasteiger partial charge on any atom is -0.366 e. The Morgan fingerprint density at radius 1 is 1.00 bits per heavy atom. The molecule has 0 heterocycles. The van der Waals surface area contributed by atoms with Crippen LogP contribution in [-0.2, 0) is 0 Å². The molecule has 0 saturated carbocycles. The van der Waals surface area contributed by atoms with E-state index in [-0.39, 0.29) is 16.8 Å². The topological polar surface area (TPSA) is 103 Å². The lowest BCUT2D eigenvalue weighted by Crippen LogP contribution is -2.17. The fourth-order valence-corrected chi connectivity index (χ4v) is 1.79. The molecule has 0 radical (unpaired) electrons. The van der Waals surface area contributed by atoms with Gasteiger partial charge in [0.2, 0.25) is 5.91 Å². The fourth-order valence-electron chi connectivity index (χ4n) is 1.79. The highest BCUT2D eigenvalue weighted by molar-refractivity contribution is 6.15. The lowest BCUT2D eigenvalue weighted by molar-refractivity contribution is -0.384. The number of nitro benzene ring substituents is 1. The zero-order chi connectivity index (χ0) is 14.7. The Balaban J connectivity index is 2.54. The molecule has 2 rings (SSSR count). The molecule has 0 unspecified atom stereocenters. The maximum atomic E-state index is 12.3. The Kier molecular flexibility index (Phi) is 3.56. The quantitative estimate of drug-likeness (QED) is 0.520. The third kappa shape index (κ3) is 2.54. The van der Waals surface area contributed by atoms with Gasteiger partial charge in [0.25, 0.3) is 5.69 Å². The first-order chi connectivity index (χ1) is 9.50. The summed E-state index contributed by atoms with van der Waals surface area (Å²) in [7, 11) is 0. The summed E-state index contributed by atoms with van der Waals surface area (Å²) in [4.78, 5) is 33.7. The van der Waals surface area contributed by atoms with Crippen LogP contribution in [0.4, 0.5) is 5.69 Å². The van der Waals surface area contributed by atoms with Gasteiger partial charge < -0.3 is 5.73 Å². The molecule has 6 nitrogen and oxygen atoms in total. The van der Waals surface area contributed by atoms with Crippen molar-refractivity contribution in [3.8, 4) is 0 Å². The molecule has 20 heavy (non-hydrogen) atoms. The van der Waals surface area contributed by atoms with E-state index >= 15 is 0 Å². The normalized spacial score (nSPS) is 10.0. The summed E-state index contributed by atoms with van der Waals surface area (Å²) in [6.45, 7) is 0. The number of non-ortho nitro benzene ring substituents is 1. The maximum absolute atomic E-state index is 12.3. The van der Waals surface area contributed by atoms with Gasteiger partial charge in [0, 0.05) is 23.3 Å². The second-order valence-corrected chi connectivity index (χ2v) is 4.05. The maximum Gasteiger partial charge on any atom is 0.270 e. The molecule has 6 heteroatoms. The van der Waals surface area contributed by atoms with Gasteiger partial charge in [-0.05, 0) is 6.07 Å². The number of benzene rings is 2. The van der Waals surface area contributed by atoms with Crippen molar-refractivity contribution in [2.24, 2.45) is 5.73 Å². The van der Waals surface area contributed by atoms with E-state index in [9.17, 15) is 19.7 Å². The van der Waals surface area contributed by atoms with E-state index in [4.69, 9.17) is 5.73 Å². The fraction of sp³-hybridized carbons (Fsp3) is 0. The summed E-state index contributed by atoms with van der Waals surface area (Å²) in [5.41, 5.74) is 5.17. The van der Waals surface area contributed by atoms with E-state index < -0.39 is 16.6 Å². The van der Waals surface area contributed by atoms with Gasteiger partial charge >= 0.3 is 0 Å². The number of nitro groups is 1. The molecule has 2 aromatic rings. The van der Waals surface area contributed by atoms with Gasteiger partial charge in [-0.2, -0.15) is 0 Å². The molecule has 0 saturated heterocycles. The molecule has 2 aromatic carbocycles. The molecule has 100 valence electrons. The Morgan fingerprint density at radius 3 is 2.20 bits per heavy atom. The first kappa shape index (κ1) is 13.4. The summed E-state index contributed by atoms with van der Waals surface area (Å²) in [5.74, 6) is -1.29. The van der Waals surface area contributed by atoms with Crippen LogP contribution in [-0.4, -0.2) is 16.6 Å². The number of primary amides is 1. The van der Waals surface area contributed by atoms with Gasteiger partial charge in [-0.15, -0.1) is 0 Å². The van der Waals surface area contributed by atoms with Crippen LogP contribution >= 0.6 is 0 Å². The zero-order valence-electron chi connectivity index (χ0n) is 10.3. The highest BCUT2D eigenvalue weighted by Gasteiger charge is 2.20. The second kappa shape index (κ2) is 5.31. The number of carbonyl (C=O) groups excluding carboxylic acids is 2. The molecular formula is C14H10N2O4. The monoisotopic (exact) mass is 270 g/mol. The lowest BCUT2D eigenvalue weighted by atomic mass is 9.97. The van der Waals surface area contributed by atoms with Crippen molar-refractivity contribution in [3.63, 3.8) is 0 Å². The van der Waals surface area contributed by atoms with Crippen molar-refractivity contribution in [2.75, 3.05) is 0 Å². The Morgan fingerprint density at radius 2 is 1.65 bits per heavy atom. The highest BCUT2D eigenvalue weighted by Crippen LogP contribution is 2.20. The molecule has 0 spiro atoms. The smallest absolute Gasteiger partial charge is 0.270 e. The number of nitrogens with two attached hydrogens (primary N) is 1. The molecule has 0 aliphatic carbocycles. The van der Waals surface area contributed by atoms with Crippen LogP contribution in [0.5, 0.6) is 0 Å². The largest absolute Gasteiger partial charge is 0.366 e. The summed E-state index contributed by atoms with van der Waals surface area (Å²) < 4.78 is 0. The van der Waals surface area contributed by atoms with Crippen LogP contribution in [0.15, 0.2) is 48.5 Å². The summed E-state index contributed by atoms with van der Waals surface area (Å²) >= 11 is 0. The van der Waals surface area contributed by atoms with Crippen LogP contribution in [0.1, 0.15) is 26.3 Å². The number of rotatable bonds is 4. The van der Waals surface area contributed by atoms with Gasteiger partial charge in [0.05, 0.1) is 10.5 Å². The molecule has 0 aliphatic rings. The average molecular weight is 270 g/mol. The zero-order valence-corrected chi connectivity index (χ0v) is 10.3. The van der Waals surface area contributed by atoms with Gasteiger partial charge in [-0.1, -0.05) is 30.3 Å². The Bertz CT molecular complexity index is 696. The average Bonchev–Trinajstić information content (AvgIpc) is 2.46. The molecule has 0 aromatic heterocycles. The van der Waals surface area contributed by atoms with Gasteiger partial charge in [0.1, 0.15) is 0 Å². The van der Waals surface area contributed by atoms with Crippen molar-refractivity contribution in [1.82, 2.24) is 0 Å². The first-order valence-corrected chi connectivity index (χ1v) is 5.68. The SMILES string of the molecule is NC(=O)c1cc([N+](=O)[O-])ccc1C(=O)c1ccccc1. The third-order valence-electron chi connectivity index (χ3n) is 2.76. The number of hydrogen-bond acceptors (Lipinski definition) is 4. The minimum absolute atomic E-state index is 0.0503. The highest BCUT2D eigenvalue weighted by atomic mass is 16.6. The van der Waals surface area contributed by atoms with E-state index in [2.05, 4.69) is 0 Å². The number of hydrogen-bond donors (Lipinski definition) is 1. The molecule has 0 fully saturated rings. The van der Waals surface area contributed by atoms with Crippen LogP contribution in [0.2, 0.25) is 0 Å². The molecule has 1 amide bonds. The summed E-state index contributed by atoms with van der Waals surface area (Å²) in [5, 5.41) is 10.7. The van der Waals surface area contributed by atoms with Gasteiger partial charge in [0.15, 0.2) is 5.78 Å². The van der Waals surface area contributed by atoms with E-state index in [1.807, 2.05) is 0 Å². The lowest BCUT2D eigenvalue weighted by Gasteiger charge is -2.06. The van der Waals surface area contributed by atoms with Crippen molar-refractivity contribution in [3.05, 3.63) is 75.3 Å². The summed E-state index contributed by atoms with van der Waals surface area (Å²) in [6.07, 6.45) is 0. The first-order valence-electron chi connectivity index (χ1n) is 5.68. The predicted molar refractivity (Wildman–Crippen MR) is 71.5 cm³/mol. The van der Waals surface area contributed by atoms with Crippen molar-refractivity contribution in [1.29, 1.82) is 0 Å².